The van der Waals surface area contributed by atoms with Gasteiger partial charge in [-0.05, 0) is 50.9 Å². The zero-order valence-corrected chi connectivity index (χ0v) is 14.8. The molecule has 126 valence electrons. The van der Waals surface area contributed by atoms with Gasteiger partial charge < -0.3 is 4.74 Å². The highest BCUT2D eigenvalue weighted by molar-refractivity contribution is 5.05. The van der Waals surface area contributed by atoms with Crippen molar-refractivity contribution < 1.29 is 4.74 Å². The lowest BCUT2D eigenvalue weighted by atomic mass is 9.70. The highest BCUT2D eigenvalue weighted by Gasteiger charge is 2.39. The summed E-state index contributed by atoms with van der Waals surface area (Å²) < 4.78 is 6.25. The minimum Gasteiger partial charge on any atom is -0.357 e. The van der Waals surface area contributed by atoms with E-state index in [1.165, 1.54) is 64.2 Å². The first kappa shape index (κ1) is 17.8. The minimum atomic E-state index is -0.475. The maximum atomic E-state index is 9.68. The van der Waals surface area contributed by atoms with E-state index in [0.717, 1.165) is 31.1 Å². The minimum absolute atomic E-state index is 0.234. The summed E-state index contributed by atoms with van der Waals surface area (Å²) in [5.74, 6) is 1.80. The summed E-state index contributed by atoms with van der Waals surface area (Å²) >= 11 is 0. The number of ether oxygens (including phenoxy) is 1. The van der Waals surface area contributed by atoms with Crippen molar-refractivity contribution in [1.82, 2.24) is 0 Å². The lowest BCUT2D eigenvalue weighted by Crippen LogP contribution is -2.40. The quantitative estimate of drug-likeness (QED) is 0.540. The second kappa shape index (κ2) is 8.92. The Kier molecular flexibility index (Phi) is 7.22. The lowest BCUT2D eigenvalue weighted by molar-refractivity contribution is -0.0841. The molecule has 0 radical (unpaired) electrons. The molecule has 2 rings (SSSR count). The average molecular weight is 306 g/mol. The fraction of sp³-hybridized carbons (Fsp3) is 0.950. The predicted molar refractivity (Wildman–Crippen MR) is 91.6 cm³/mol. The van der Waals surface area contributed by atoms with E-state index in [0.29, 0.717) is 0 Å². The second-order valence-electron chi connectivity index (χ2n) is 7.77. The molecule has 0 bridgehead atoms. The van der Waals surface area contributed by atoms with Crippen molar-refractivity contribution in [2.24, 2.45) is 11.8 Å². The van der Waals surface area contributed by atoms with Crippen LogP contribution in [0.25, 0.3) is 0 Å². The maximum absolute atomic E-state index is 9.68. The Balaban J connectivity index is 1.79. The van der Waals surface area contributed by atoms with Gasteiger partial charge in [0.25, 0.3) is 0 Å². The Hall–Kier alpha value is -0.550. The largest absolute Gasteiger partial charge is 0.357 e. The molecule has 2 saturated carbocycles. The van der Waals surface area contributed by atoms with Crippen LogP contribution in [0.15, 0.2) is 0 Å². The molecular weight excluding hydrogens is 270 g/mol. The summed E-state index contributed by atoms with van der Waals surface area (Å²) in [5, 5.41) is 9.68. The molecule has 1 unspecified atom stereocenters. The van der Waals surface area contributed by atoms with E-state index >= 15 is 0 Å². The van der Waals surface area contributed by atoms with Gasteiger partial charge >= 0.3 is 0 Å². The molecule has 0 N–H and O–H groups in total. The predicted octanol–water partition coefficient (Wildman–Crippen LogP) is 6.00. The molecule has 0 aliphatic heterocycles. The van der Waals surface area contributed by atoms with Gasteiger partial charge in [0.05, 0.1) is 12.2 Å². The molecule has 0 aromatic carbocycles. The summed E-state index contributed by atoms with van der Waals surface area (Å²) in [6, 6.07) is 2.54. The lowest BCUT2D eigenvalue weighted by Gasteiger charge is -2.40. The number of hydrogen-bond donors (Lipinski definition) is 0. The van der Waals surface area contributed by atoms with Gasteiger partial charge in [-0.3, -0.25) is 0 Å². The van der Waals surface area contributed by atoms with Crippen LogP contribution in [0.5, 0.6) is 0 Å². The van der Waals surface area contributed by atoms with Crippen LogP contribution in [0.3, 0.4) is 0 Å². The van der Waals surface area contributed by atoms with Gasteiger partial charge in [0.1, 0.15) is 0 Å². The number of unbranched alkanes of at least 4 members (excludes halogenated alkanes) is 2. The third-order valence-corrected chi connectivity index (χ3v) is 6.00. The number of hydrogen-bond acceptors (Lipinski definition) is 2. The summed E-state index contributed by atoms with van der Waals surface area (Å²) in [7, 11) is 0. The highest BCUT2D eigenvalue weighted by Crippen LogP contribution is 2.43. The van der Waals surface area contributed by atoms with Crippen LogP contribution < -0.4 is 0 Å². The van der Waals surface area contributed by atoms with Gasteiger partial charge in [0, 0.05) is 0 Å². The van der Waals surface area contributed by atoms with Gasteiger partial charge in [-0.15, -0.1) is 0 Å². The molecule has 2 aliphatic rings. The molecule has 0 aromatic rings. The van der Waals surface area contributed by atoms with Crippen molar-refractivity contribution in [3.05, 3.63) is 0 Å². The molecule has 0 saturated heterocycles. The van der Waals surface area contributed by atoms with Gasteiger partial charge in [-0.25, -0.2) is 0 Å². The summed E-state index contributed by atoms with van der Waals surface area (Å²) in [4.78, 5) is 0. The SMILES string of the molecule is CCCCCC(C)O[C@]1(C#N)CC[C@@H](C2CCCCC2)CC1. The normalized spacial score (nSPS) is 31.6. The van der Waals surface area contributed by atoms with Crippen molar-refractivity contribution in [3.8, 4) is 6.07 Å². The third-order valence-electron chi connectivity index (χ3n) is 6.00. The summed E-state index contributed by atoms with van der Waals surface area (Å²) in [5.41, 5.74) is -0.475. The summed E-state index contributed by atoms with van der Waals surface area (Å²) in [6.45, 7) is 4.39. The van der Waals surface area contributed by atoms with Crippen molar-refractivity contribution in [1.29, 1.82) is 5.26 Å². The zero-order valence-electron chi connectivity index (χ0n) is 14.8. The second-order valence-corrected chi connectivity index (χ2v) is 7.77. The molecule has 2 aliphatic carbocycles. The van der Waals surface area contributed by atoms with E-state index in [-0.39, 0.29) is 6.10 Å². The number of nitriles is 1. The Bertz CT molecular complexity index is 345. The first-order valence-corrected chi connectivity index (χ1v) is 9.78. The molecule has 2 fully saturated rings. The Morgan fingerprint density at radius 3 is 2.27 bits per heavy atom. The van der Waals surface area contributed by atoms with Crippen molar-refractivity contribution in [2.75, 3.05) is 0 Å². The van der Waals surface area contributed by atoms with Crippen molar-refractivity contribution in [3.63, 3.8) is 0 Å². The van der Waals surface area contributed by atoms with Crippen LogP contribution in [-0.2, 0) is 4.74 Å². The molecule has 0 aromatic heterocycles. The molecule has 22 heavy (non-hydrogen) atoms. The van der Waals surface area contributed by atoms with Crippen LogP contribution in [0.1, 0.15) is 97.3 Å². The Morgan fingerprint density at radius 2 is 1.68 bits per heavy atom. The van der Waals surface area contributed by atoms with E-state index in [4.69, 9.17) is 4.74 Å². The van der Waals surface area contributed by atoms with Crippen LogP contribution in [0.4, 0.5) is 0 Å². The van der Waals surface area contributed by atoms with Gasteiger partial charge in [-0.1, -0.05) is 58.3 Å². The molecule has 1 atom stereocenters. The van der Waals surface area contributed by atoms with Crippen LogP contribution in [-0.4, -0.2) is 11.7 Å². The smallest absolute Gasteiger partial charge is 0.154 e. The van der Waals surface area contributed by atoms with E-state index < -0.39 is 5.60 Å². The zero-order chi connectivity index (χ0) is 15.8. The number of nitrogens with zero attached hydrogens (tertiary/aromatic N) is 1. The Labute approximate surface area is 137 Å². The van der Waals surface area contributed by atoms with Crippen molar-refractivity contribution in [2.45, 2.75) is 109 Å². The van der Waals surface area contributed by atoms with Gasteiger partial charge in [-0.2, -0.15) is 5.26 Å². The molecule has 2 heteroatoms. The first-order chi connectivity index (χ1) is 10.7. The van der Waals surface area contributed by atoms with Crippen LogP contribution in [0, 0.1) is 23.2 Å². The molecule has 2 nitrogen and oxygen atoms in total. The molecule has 0 amide bonds. The fourth-order valence-electron chi connectivity index (χ4n) is 4.57. The van der Waals surface area contributed by atoms with Crippen LogP contribution >= 0.6 is 0 Å². The van der Waals surface area contributed by atoms with Gasteiger partial charge in [0.15, 0.2) is 5.60 Å². The van der Waals surface area contributed by atoms with Crippen LogP contribution in [0.2, 0.25) is 0 Å². The Morgan fingerprint density at radius 1 is 1.05 bits per heavy atom. The monoisotopic (exact) mass is 305 g/mol. The van der Waals surface area contributed by atoms with E-state index in [1.54, 1.807) is 0 Å². The average Bonchev–Trinajstić information content (AvgIpc) is 2.56. The maximum Gasteiger partial charge on any atom is 0.154 e. The summed E-state index contributed by atoms with van der Waals surface area (Å²) in [6.07, 6.45) is 16.6. The van der Waals surface area contributed by atoms with E-state index in [1.807, 2.05) is 0 Å². The molecule has 0 spiro atoms. The third kappa shape index (κ3) is 4.98. The molecule has 0 heterocycles. The standard InChI is InChI=1S/C20H35NO/c1-3-4-6-9-17(2)22-20(16-21)14-12-19(13-15-20)18-10-7-5-8-11-18/h17-19H,3-15H2,1-2H3/t17?,19-,20-. The van der Waals surface area contributed by atoms with Crippen molar-refractivity contribution >= 4 is 0 Å². The first-order valence-electron chi connectivity index (χ1n) is 9.78. The van der Waals surface area contributed by atoms with Gasteiger partial charge in [0.2, 0.25) is 0 Å². The number of rotatable bonds is 7. The highest BCUT2D eigenvalue weighted by atomic mass is 16.5. The van der Waals surface area contributed by atoms with E-state index in [9.17, 15) is 5.26 Å². The molecular formula is C20H35NO. The fourth-order valence-corrected chi connectivity index (χ4v) is 4.57. The van der Waals surface area contributed by atoms with E-state index in [2.05, 4.69) is 19.9 Å². The topological polar surface area (TPSA) is 33.0 Å².